The Kier molecular flexibility index (Phi) is 6.56. The molecule has 0 spiro atoms. The Labute approximate surface area is 117 Å². The summed E-state index contributed by atoms with van der Waals surface area (Å²) in [7, 11) is 0. The molecule has 0 aliphatic heterocycles. The first-order chi connectivity index (χ1) is 8.53. The second kappa shape index (κ2) is 7.68. The van der Waals surface area contributed by atoms with Gasteiger partial charge < -0.3 is 0 Å². The highest BCUT2D eigenvalue weighted by Gasteiger charge is 2.18. The van der Waals surface area contributed by atoms with Crippen LogP contribution in [-0.2, 0) is 0 Å². The van der Waals surface area contributed by atoms with Gasteiger partial charge in [-0.2, -0.15) is 0 Å². The maximum atomic E-state index is 2.35. The van der Waals surface area contributed by atoms with Crippen LogP contribution in [0.5, 0.6) is 0 Å². The van der Waals surface area contributed by atoms with Crippen molar-refractivity contribution in [3.8, 4) is 0 Å². The van der Waals surface area contributed by atoms with E-state index in [0.29, 0.717) is 4.75 Å². The van der Waals surface area contributed by atoms with E-state index >= 15 is 0 Å². The van der Waals surface area contributed by atoms with Crippen LogP contribution >= 0.6 is 11.8 Å². The van der Waals surface area contributed by atoms with Gasteiger partial charge in [0.1, 0.15) is 0 Å². The van der Waals surface area contributed by atoms with E-state index in [9.17, 15) is 0 Å². The molecule has 0 fully saturated rings. The Morgan fingerprint density at radius 1 is 1.22 bits per heavy atom. The van der Waals surface area contributed by atoms with Crippen LogP contribution in [0.2, 0.25) is 0 Å². The number of hydrogen-bond donors (Lipinski definition) is 0. The Hall–Kier alpha value is -0.690. The minimum atomic E-state index is 0.327. The average Bonchev–Trinajstić information content (AvgIpc) is 2.29. The summed E-state index contributed by atoms with van der Waals surface area (Å²) in [5.74, 6) is 0. The van der Waals surface area contributed by atoms with Crippen LogP contribution in [0.4, 0.5) is 0 Å². The van der Waals surface area contributed by atoms with Crippen molar-refractivity contribution in [1.29, 1.82) is 0 Å². The molecule has 1 aromatic carbocycles. The van der Waals surface area contributed by atoms with Crippen molar-refractivity contribution in [1.82, 2.24) is 0 Å². The molecule has 0 amide bonds. The van der Waals surface area contributed by atoms with Gasteiger partial charge in [0.15, 0.2) is 0 Å². The molecule has 0 nitrogen and oxygen atoms in total. The van der Waals surface area contributed by atoms with Gasteiger partial charge in [-0.15, -0.1) is 11.8 Å². The first kappa shape index (κ1) is 15.4. The van der Waals surface area contributed by atoms with Crippen LogP contribution in [-0.4, -0.2) is 4.75 Å². The lowest BCUT2D eigenvalue weighted by atomic mass is 10.0. The van der Waals surface area contributed by atoms with Crippen LogP contribution in [0.1, 0.15) is 53.4 Å². The summed E-state index contributed by atoms with van der Waals surface area (Å²) >= 11 is 1.99. The third kappa shape index (κ3) is 6.30. The van der Waals surface area contributed by atoms with Crippen molar-refractivity contribution in [3.63, 3.8) is 0 Å². The molecule has 0 atom stereocenters. The topological polar surface area (TPSA) is 0 Å². The Morgan fingerprint density at radius 3 is 2.50 bits per heavy atom. The van der Waals surface area contributed by atoms with Crippen LogP contribution in [0, 0.1) is 0 Å². The summed E-state index contributed by atoms with van der Waals surface area (Å²) in [5.41, 5.74) is 1.54. The second-order valence-corrected chi connectivity index (χ2v) is 7.27. The fourth-order valence-electron chi connectivity index (χ4n) is 2.10. The van der Waals surface area contributed by atoms with E-state index in [4.69, 9.17) is 0 Å². The lowest BCUT2D eigenvalue weighted by molar-refractivity contribution is 0.599. The third-order valence-corrected chi connectivity index (χ3v) is 4.30. The van der Waals surface area contributed by atoms with Gasteiger partial charge in [-0.25, -0.2) is 0 Å². The highest BCUT2D eigenvalue weighted by Crippen LogP contribution is 2.36. The minimum Gasteiger partial charge on any atom is -0.120 e. The summed E-state index contributed by atoms with van der Waals surface area (Å²) in [6.07, 6.45) is 7.30. The zero-order valence-electron chi connectivity index (χ0n) is 12.2. The summed E-state index contributed by atoms with van der Waals surface area (Å²) in [6.45, 7) is 9.16. The molecule has 1 aromatic rings. The molecule has 0 saturated carbocycles. The van der Waals surface area contributed by atoms with Gasteiger partial charge in [0.05, 0.1) is 0 Å². The highest BCUT2D eigenvalue weighted by atomic mass is 32.2. The number of thioether (sulfide) groups is 1. The zero-order valence-corrected chi connectivity index (χ0v) is 13.0. The predicted molar refractivity (Wildman–Crippen MR) is 84.3 cm³/mol. The summed E-state index contributed by atoms with van der Waals surface area (Å²) in [5, 5.41) is 0. The van der Waals surface area contributed by atoms with Gasteiger partial charge in [0.25, 0.3) is 0 Å². The molecule has 0 bridgehead atoms. The molecule has 0 heterocycles. The molecule has 18 heavy (non-hydrogen) atoms. The van der Waals surface area contributed by atoms with Gasteiger partial charge in [-0.3, -0.25) is 0 Å². The first-order valence-electron chi connectivity index (χ1n) is 6.93. The molecule has 0 aromatic heterocycles. The lowest BCUT2D eigenvalue weighted by Gasteiger charge is -2.24. The third-order valence-electron chi connectivity index (χ3n) is 3.04. The normalized spacial score (nSPS) is 12.8. The number of allylic oxidation sites excluding steroid dienone is 2. The summed E-state index contributed by atoms with van der Waals surface area (Å²) in [4.78, 5) is 1.38. The van der Waals surface area contributed by atoms with E-state index in [-0.39, 0.29) is 0 Å². The van der Waals surface area contributed by atoms with E-state index < -0.39 is 0 Å². The molecule has 0 radical (unpaired) electrons. The Bertz CT molecular complexity index is 362. The molecule has 0 saturated heterocycles. The molecule has 0 aliphatic carbocycles. The minimum absolute atomic E-state index is 0.327. The fourth-order valence-corrected chi connectivity index (χ4v) is 3.28. The average molecular weight is 262 g/mol. The predicted octanol–water partition coefficient (Wildman–Crippen LogP) is 6.08. The number of hydrogen-bond acceptors (Lipinski definition) is 1. The van der Waals surface area contributed by atoms with E-state index in [1.165, 1.54) is 29.7 Å². The zero-order chi connectivity index (χ0) is 13.4. The maximum absolute atomic E-state index is 2.35. The van der Waals surface area contributed by atoms with Crippen LogP contribution in [0.15, 0.2) is 46.9 Å². The Balaban J connectivity index is 2.38. The molecular weight excluding hydrogens is 236 g/mol. The first-order valence-corrected chi connectivity index (χ1v) is 7.75. The highest BCUT2D eigenvalue weighted by molar-refractivity contribution is 8.00. The van der Waals surface area contributed by atoms with Crippen molar-refractivity contribution < 1.29 is 0 Å². The van der Waals surface area contributed by atoms with Gasteiger partial charge in [-0.05, 0) is 44.7 Å². The standard InChI is InChI=1S/C17H26S/c1-5-10-15(2)11-9-14-17(3,4)18-16-12-7-6-8-13-16/h6-8,10,12-13H,5,9,11,14H2,1-4H3/b15-10+. The van der Waals surface area contributed by atoms with E-state index in [0.717, 1.165) is 6.42 Å². The van der Waals surface area contributed by atoms with Gasteiger partial charge >= 0.3 is 0 Å². The van der Waals surface area contributed by atoms with Gasteiger partial charge in [0.2, 0.25) is 0 Å². The largest absolute Gasteiger partial charge is 0.120 e. The van der Waals surface area contributed by atoms with Gasteiger partial charge in [0, 0.05) is 9.64 Å². The summed E-state index contributed by atoms with van der Waals surface area (Å²) < 4.78 is 0.327. The summed E-state index contributed by atoms with van der Waals surface area (Å²) in [6, 6.07) is 10.7. The maximum Gasteiger partial charge on any atom is 0.0151 e. The molecule has 1 heteroatoms. The second-order valence-electron chi connectivity index (χ2n) is 5.49. The Morgan fingerprint density at radius 2 is 1.89 bits per heavy atom. The van der Waals surface area contributed by atoms with Gasteiger partial charge in [-0.1, -0.05) is 50.6 Å². The fraction of sp³-hybridized carbons (Fsp3) is 0.529. The molecule has 0 unspecified atom stereocenters. The molecule has 100 valence electrons. The SMILES string of the molecule is CC/C=C(\C)CCCC(C)(C)Sc1ccccc1. The van der Waals surface area contributed by atoms with Crippen molar-refractivity contribution >= 4 is 11.8 Å². The lowest BCUT2D eigenvalue weighted by Crippen LogP contribution is -2.14. The molecule has 0 N–H and O–H groups in total. The van der Waals surface area contributed by atoms with Crippen LogP contribution in [0.25, 0.3) is 0 Å². The van der Waals surface area contributed by atoms with E-state index in [2.05, 4.69) is 64.1 Å². The van der Waals surface area contributed by atoms with Crippen LogP contribution < -0.4 is 0 Å². The van der Waals surface area contributed by atoms with E-state index in [1.54, 1.807) is 0 Å². The van der Waals surface area contributed by atoms with Crippen molar-refractivity contribution in [2.24, 2.45) is 0 Å². The quantitative estimate of drug-likeness (QED) is 0.423. The van der Waals surface area contributed by atoms with Crippen molar-refractivity contribution in [2.75, 3.05) is 0 Å². The van der Waals surface area contributed by atoms with Crippen molar-refractivity contribution in [3.05, 3.63) is 42.0 Å². The van der Waals surface area contributed by atoms with Crippen LogP contribution in [0.3, 0.4) is 0 Å². The molecular formula is C17H26S. The van der Waals surface area contributed by atoms with Crippen molar-refractivity contribution in [2.45, 2.75) is 63.0 Å². The molecule has 1 rings (SSSR count). The van der Waals surface area contributed by atoms with E-state index in [1.807, 2.05) is 11.8 Å². The number of rotatable bonds is 7. The molecule has 0 aliphatic rings. The monoisotopic (exact) mass is 262 g/mol. The number of benzene rings is 1. The smallest absolute Gasteiger partial charge is 0.0151 e.